The Kier molecular flexibility index (Phi) is 9.06. The summed E-state index contributed by atoms with van der Waals surface area (Å²) in [5.74, 6) is 1.76. The zero-order valence-corrected chi connectivity index (χ0v) is 18.5. The zero-order valence-electron chi connectivity index (χ0n) is 15.4. The third-order valence-corrected chi connectivity index (χ3v) is 5.15. The van der Waals surface area contributed by atoms with Gasteiger partial charge in [0.1, 0.15) is 0 Å². The molecule has 0 unspecified atom stereocenters. The molecule has 1 aromatic carbocycles. The standard InChI is InChI=1S/C18H27N3O2S.HI/c1-5-23-16(22)15-8-6-14(7-9-15)12-20-17(19-4)21-10-11-24-18(2,3)13-21;/h6-9H,5,10-13H2,1-4H3,(H,19,20);1H. The highest BCUT2D eigenvalue weighted by atomic mass is 127. The van der Waals surface area contributed by atoms with Gasteiger partial charge >= 0.3 is 5.97 Å². The number of thioether (sulfide) groups is 1. The Morgan fingerprint density at radius 1 is 1.36 bits per heavy atom. The van der Waals surface area contributed by atoms with E-state index in [9.17, 15) is 4.79 Å². The molecule has 0 aliphatic carbocycles. The number of nitrogens with one attached hydrogen (secondary N) is 1. The van der Waals surface area contributed by atoms with Gasteiger partial charge in [0.05, 0.1) is 12.2 Å². The van der Waals surface area contributed by atoms with Crippen LogP contribution in [0.2, 0.25) is 0 Å². The number of aliphatic imine (C=N–C) groups is 1. The van der Waals surface area contributed by atoms with E-state index in [1.54, 1.807) is 12.1 Å². The Balaban J connectivity index is 0.00000312. The van der Waals surface area contributed by atoms with Gasteiger partial charge in [-0.15, -0.1) is 24.0 Å². The number of guanidine groups is 1. The summed E-state index contributed by atoms with van der Waals surface area (Å²) in [6.45, 7) is 9.41. The lowest BCUT2D eigenvalue weighted by Gasteiger charge is -2.39. The molecule has 0 spiro atoms. The topological polar surface area (TPSA) is 53.9 Å². The van der Waals surface area contributed by atoms with Crippen molar-refractivity contribution in [1.29, 1.82) is 0 Å². The van der Waals surface area contributed by atoms with E-state index >= 15 is 0 Å². The van der Waals surface area contributed by atoms with E-state index in [0.29, 0.717) is 18.7 Å². The molecule has 7 heteroatoms. The normalized spacial score (nSPS) is 16.8. The molecule has 1 aromatic rings. The summed E-state index contributed by atoms with van der Waals surface area (Å²) in [5, 5.41) is 3.42. The van der Waals surface area contributed by atoms with Crippen molar-refractivity contribution in [3.63, 3.8) is 0 Å². The highest BCUT2D eigenvalue weighted by molar-refractivity contribution is 14.0. The number of benzene rings is 1. The lowest BCUT2D eigenvalue weighted by atomic mass is 10.1. The number of hydrogen-bond acceptors (Lipinski definition) is 4. The second-order valence-corrected chi connectivity index (χ2v) is 8.15. The molecule has 1 heterocycles. The summed E-state index contributed by atoms with van der Waals surface area (Å²) in [4.78, 5) is 18.4. The third-order valence-electron chi connectivity index (χ3n) is 3.85. The highest BCUT2D eigenvalue weighted by Crippen LogP contribution is 2.29. The number of nitrogens with zero attached hydrogens (tertiary/aromatic N) is 2. The third kappa shape index (κ3) is 6.69. The Labute approximate surface area is 172 Å². The van der Waals surface area contributed by atoms with Gasteiger partial charge in [-0.05, 0) is 38.5 Å². The summed E-state index contributed by atoms with van der Waals surface area (Å²) in [5.41, 5.74) is 1.69. The predicted molar refractivity (Wildman–Crippen MR) is 116 cm³/mol. The van der Waals surface area contributed by atoms with E-state index in [2.05, 4.69) is 29.1 Å². The number of esters is 1. The van der Waals surface area contributed by atoms with Gasteiger partial charge in [-0.3, -0.25) is 4.99 Å². The largest absolute Gasteiger partial charge is 0.462 e. The second-order valence-electron chi connectivity index (χ2n) is 6.35. The highest BCUT2D eigenvalue weighted by Gasteiger charge is 2.28. The van der Waals surface area contributed by atoms with Gasteiger partial charge < -0.3 is 15.0 Å². The number of hydrogen-bond donors (Lipinski definition) is 1. The zero-order chi connectivity index (χ0) is 17.6. The molecule has 140 valence electrons. The Morgan fingerprint density at radius 3 is 2.60 bits per heavy atom. The van der Waals surface area contributed by atoms with E-state index in [0.717, 1.165) is 30.4 Å². The molecule has 0 bridgehead atoms. The molecule has 0 aromatic heterocycles. The Morgan fingerprint density at radius 2 is 2.04 bits per heavy atom. The van der Waals surface area contributed by atoms with Gasteiger partial charge in [-0.25, -0.2) is 4.79 Å². The summed E-state index contributed by atoms with van der Waals surface area (Å²) < 4.78 is 5.25. The molecule has 0 atom stereocenters. The molecule has 25 heavy (non-hydrogen) atoms. The van der Waals surface area contributed by atoms with Crippen LogP contribution in [-0.4, -0.2) is 54.1 Å². The molecule has 1 aliphatic rings. The molecular formula is C18H28IN3O2S. The minimum Gasteiger partial charge on any atom is -0.462 e. The van der Waals surface area contributed by atoms with Gasteiger partial charge in [-0.1, -0.05) is 12.1 Å². The van der Waals surface area contributed by atoms with Crippen molar-refractivity contribution in [1.82, 2.24) is 10.2 Å². The molecule has 0 amide bonds. The first-order valence-corrected chi connectivity index (χ1v) is 9.29. The van der Waals surface area contributed by atoms with Crippen LogP contribution in [0, 0.1) is 0 Å². The lowest BCUT2D eigenvalue weighted by Crippen LogP contribution is -2.50. The fourth-order valence-electron chi connectivity index (χ4n) is 2.68. The van der Waals surface area contributed by atoms with Crippen LogP contribution in [0.3, 0.4) is 0 Å². The van der Waals surface area contributed by atoms with Crippen molar-refractivity contribution in [2.75, 3.05) is 32.5 Å². The second kappa shape index (κ2) is 10.3. The maximum absolute atomic E-state index is 11.7. The first-order chi connectivity index (χ1) is 11.4. The smallest absolute Gasteiger partial charge is 0.338 e. The number of ether oxygens (including phenoxy) is 1. The minimum atomic E-state index is -0.277. The Bertz CT molecular complexity index is 590. The average Bonchev–Trinajstić information content (AvgIpc) is 2.55. The van der Waals surface area contributed by atoms with Crippen LogP contribution < -0.4 is 5.32 Å². The van der Waals surface area contributed by atoms with E-state index < -0.39 is 0 Å². The van der Waals surface area contributed by atoms with Crippen LogP contribution in [0.15, 0.2) is 29.3 Å². The van der Waals surface area contributed by atoms with Crippen LogP contribution in [0.4, 0.5) is 0 Å². The van der Waals surface area contributed by atoms with Crippen molar-refractivity contribution in [2.24, 2.45) is 4.99 Å². The summed E-state index contributed by atoms with van der Waals surface area (Å²) in [6, 6.07) is 7.50. The molecule has 5 nitrogen and oxygen atoms in total. The quantitative estimate of drug-likeness (QED) is 0.312. The van der Waals surface area contributed by atoms with Crippen LogP contribution >= 0.6 is 35.7 Å². The van der Waals surface area contributed by atoms with Gasteiger partial charge in [-0.2, -0.15) is 11.8 Å². The molecular weight excluding hydrogens is 449 g/mol. The van der Waals surface area contributed by atoms with Crippen molar-refractivity contribution >= 4 is 47.7 Å². The monoisotopic (exact) mass is 477 g/mol. The van der Waals surface area contributed by atoms with Crippen molar-refractivity contribution in [2.45, 2.75) is 32.1 Å². The van der Waals surface area contributed by atoms with Crippen molar-refractivity contribution in [3.05, 3.63) is 35.4 Å². The van der Waals surface area contributed by atoms with E-state index in [-0.39, 0.29) is 34.7 Å². The molecule has 0 saturated carbocycles. The fraction of sp³-hybridized carbons (Fsp3) is 0.556. The molecule has 2 rings (SSSR count). The van der Waals surface area contributed by atoms with Crippen molar-refractivity contribution in [3.8, 4) is 0 Å². The van der Waals surface area contributed by atoms with Crippen LogP contribution in [0.5, 0.6) is 0 Å². The number of carbonyl (C=O) groups is 1. The van der Waals surface area contributed by atoms with Gasteiger partial charge in [0, 0.05) is 37.2 Å². The van der Waals surface area contributed by atoms with Crippen LogP contribution in [-0.2, 0) is 11.3 Å². The van der Waals surface area contributed by atoms with Gasteiger partial charge in [0.25, 0.3) is 0 Å². The van der Waals surface area contributed by atoms with Crippen molar-refractivity contribution < 1.29 is 9.53 Å². The fourth-order valence-corrected chi connectivity index (χ4v) is 3.80. The number of halogens is 1. The number of carbonyl (C=O) groups excluding carboxylic acids is 1. The lowest BCUT2D eigenvalue weighted by molar-refractivity contribution is 0.0526. The molecule has 0 radical (unpaired) electrons. The minimum absolute atomic E-state index is 0. The maximum atomic E-state index is 11.7. The van der Waals surface area contributed by atoms with E-state index in [1.807, 2.05) is 37.9 Å². The molecule has 1 fully saturated rings. The summed E-state index contributed by atoms with van der Waals surface area (Å²) >= 11 is 2.01. The maximum Gasteiger partial charge on any atom is 0.338 e. The van der Waals surface area contributed by atoms with Crippen LogP contribution in [0.25, 0.3) is 0 Å². The van der Waals surface area contributed by atoms with Crippen LogP contribution in [0.1, 0.15) is 36.7 Å². The number of rotatable bonds is 4. The van der Waals surface area contributed by atoms with E-state index in [1.165, 1.54) is 0 Å². The van der Waals surface area contributed by atoms with Gasteiger partial charge in [0.15, 0.2) is 5.96 Å². The molecule has 1 N–H and O–H groups in total. The summed E-state index contributed by atoms with van der Waals surface area (Å²) in [7, 11) is 1.82. The van der Waals surface area contributed by atoms with Gasteiger partial charge in [0.2, 0.25) is 0 Å². The summed E-state index contributed by atoms with van der Waals surface area (Å²) in [6.07, 6.45) is 0. The SMILES string of the molecule is CCOC(=O)c1ccc(CNC(=NC)N2CCSC(C)(C)C2)cc1.I. The Hall–Kier alpha value is -0.960. The first-order valence-electron chi connectivity index (χ1n) is 8.31. The average molecular weight is 477 g/mol. The van der Waals surface area contributed by atoms with E-state index in [4.69, 9.17) is 4.74 Å². The first kappa shape index (κ1) is 22.1. The predicted octanol–water partition coefficient (Wildman–Crippen LogP) is 3.38. The molecule has 1 saturated heterocycles. The molecule has 1 aliphatic heterocycles.